The average Bonchev–Trinajstić information content (AvgIpc) is 2.28. The second kappa shape index (κ2) is 5.73. The fourth-order valence-corrected chi connectivity index (χ4v) is 4.18. The summed E-state index contributed by atoms with van der Waals surface area (Å²) >= 11 is 3.76. The lowest BCUT2D eigenvalue weighted by Gasteiger charge is -2.42. The minimum absolute atomic E-state index is 0.645. The highest BCUT2D eigenvalue weighted by Gasteiger charge is 2.36. The van der Waals surface area contributed by atoms with Crippen LogP contribution in [0, 0.1) is 17.8 Å². The number of halogens is 1. The first kappa shape index (κ1) is 13.4. The van der Waals surface area contributed by atoms with Crippen LogP contribution in [0.3, 0.4) is 0 Å². The SMILES string of the molecule is CC(C)=C1CCC2C=CCCC2C1CC(C)Br. The second-order valence-electron chi connectivity index (χ2n) is 6.02. The molecule has 2 aliphatic rings. The normalized spacial score (nSPS) is 34.4. The standard InChI is InChI=1S/C16H25Br/c1-11(2)14-9-8-13-6-4-5-7-15(13)16(14)10-12(3)17/h4,6,12-13,15-16H,5,7-10H2,1-3H3. The Labute approximate surface area is 115 Å². The second-order valence-corrected chi connectivity index (χ2v) is 7.58. The molecule has 0 aromatic rings. The van der Waals surface area contributed by atoms with E-state index in [0.29, 0.717) is 4.83 Å². The minimum Gasteiger partial charge on any atom is -0.0893 e. The van der Waals surface area contributed by atoms with Crippen LogP contribution in [-0.2, 0) is 0 Å². The Morgan fingerprint density at radius 1 is 1.41 bits per heavy atom. The number of hydrogen-bond donors (Lipinski definition) is 0. The molecule has 0 amide bonds. The van der Waals surface area contributed by atoms with Gasteiger partial charge in [-0.15, -0.1) is 0 Å². The molecule has 0 N–H and O–H groups in total. The average molecular weight is 297 g/mol. The third kappa shape index (κ3) is 3.05. The van der Waals surface area contributed by atoms with Gasteiger partial charge < -0.3 is 0 Å². The van der Waals surface area contributed by atoms with Crippen LogP contribution in [0.25, 0.3) is 0 Å². The Morgan fingerprint density at radius 3 is 2.82 bits per heavy atom. The van der Waals surface area contributed by atoms with Gasteiger partial charge in [-0.1, -0.05) is 46.2 Å². The van der Waals surface area contributed by atoms with Crippen molar-refractivity contribution in [2.24, 2.45) is 17.8 Å². The maximum Gasteiger partial charge on any atom is 0.0123 e. The molecule has 0 spiro atoms. The molecule has 17 heavy (non-hydrogen) atoms. The highest BCUT2D eigenvalue weighted by atomic mass is 79.9. The van der Waals surface area contributed by atoms with Crippen LogP contribution in [0.1, 0.15) is 52.9 Å². The van der Waals surface area contributed by atoms with Gasteiger partial charge in [0.1, 0.15) is 0 Å². The number of alkyl halides is 1. The first-order valence-corrected chi connectivity index (χ1v) is 7.98. The Kier molecular flexibility index (Phi) is 4.52. The van der Waals surface area contributed by atoms with E-state index in [4.69, 9.17) is 0 Å². The van der Waals surface area contributed by atoms with Crippen molar-refractivity contribution in [2.75, 3.05) is 0 Å². The summed E-state index contributed by atoms with van der Waals surface area (Å²) in [6.07, 6.45) is 11.6. The van der Waals surface area contributed by atoms with Gasteiger partial charge in [-0.3, -0.25) is 0 Å². The molecule has 0 aromatic heterocycles. The van der Waals surface area contributed by atoms with Gasteiger partial charge in [0.05, 0.1) is 0 Å². The summed E-state index contributed by atoms with van der Waals surface area (Å²) in [5, 5.41) is 0. The van der Waals surface area contributed by atoms with Crippen molar-refractivity contribution in [1.29, 1.82) is 0 Å². The van der Waals surface area contributed by atoms with Crippen molar-refractivity contribution in [3.05, 3.63) is 23.3 Å². The number of fused-ring (bicyclic) bond motifs is 1. The smallest absolute Gasteiger partial charge is 0.0123 e. The molecule has 0 bridgehead atoms. The first-order chi connectivity index (χ1) is 8.09. The molecule has 1 heteroatoms. The molecule has 4 unspecified atom stereocenters. The third-order valence-electron chi connectivity index (χ3n) is 4.53. The van der Waals surface area contributed by atoms with Crippen molar-refractivity contribution < 1.29 is 0 Å². The summed E-state index contributed by atoms with van der Waals surface area (Å²) in [7, 11) is 0. The summed E-state index contributed by atoms with van der Waals surface area (Å²) in [6.45, 7) is 6.91. The summed E-state index contributed by atoms with van der Waals surface area (Å²) in [6, 6.07) is 0. The zero-order chi connectivity index (χ0) is 12.4. The molecule has 0 nitrogen and oxygen atoms in total. The van der Waals surface area contributed by atoms with E-state index < -0.39 is 0 Å². The van der Waals surface area contributed by atoms with Crippen LogP contribution in [-0.4, -0.2) is 4.83 Å². The molecule has 2 aliphatic carbocycles. The fourth-order valence-electron chi connectivity index (χ4n) is 3.78. The van der Waals surface area contributed by atoms with Crippen LogP contribution in [0.5, 0.6) is 0 Å². The molecule has 96 valence electrons. The lowest BCUT2D eigenvalue weighted by Crippen LogP contribution is -2.32. The van der Waals surface area contributed by atoms with Crippen molar-refractivity contribution in [3.8, 4) is 0 Å². The van der Waals surface area contributed by atoms with Crippen LogP contribution < -0.4 is 0 Å². The van der Waals surface area contributed by atoms with Gasteiger partial charge in [0.2, 0.25) is 0 Å². The maximum atomic E-state index is 3.76. The quantitative estimate of drug-likeness (QED) is 0.467. The maximum absolute atomic E-state index is 3.76. The molecule has 4 atom stereocenters. The van der Waals surface area contributed by atoms with E-state index in [9.17, 15) is 0 Å². The summed E-state index contributed by atoms with van der Waals surface area (Å²) in [5.41, 5.74) is 3.35. The molecule has 0 aliphatic heterocycles. The van der Waals surface area contributed by atoms with Gasteiger partial charge in [0.15, 0.2) is 0 Å². The Morgan fingerprint density at radius 2 is 2.18 bits per heavy atom. The van der Waals surface area contributed by atoms with Crippen molar-refractivity contribution in [1.82, 2.24) is 0 Å². The van der Waals surface area contributed by atoms with E-state index in [1.54, 1.807) is 11.1 Å². The molecule has 0 saturated heterocycles. The molecule has 0 aromatic carbocycles. The molecule has 1 saturated carbocycles. The molecule has 0 heterocycles. The summed E-state index contributed by atoms with van der Waals surface area (Å²) < 4.78 is 0. The monoisotopic (exact) mass is 296 g/mol. The van der Waals surface area contributed by atoms with Crippen LogP contribution in [0.4, 0.5) is 0 Å². The van der Waals surface area contributed by atoms with E-state index in [1.165, 1.54) is 32.1 Å². The number of allylic oxidation sites excluding steroid dienone is 4. The molecular weight excluding hydrogens is 272 g/mol. The molecule has 1 fully saturated rings. The largest absolute Gasteiger partial charge is 0.0893 e. The van der Waals surface area contributed by atoms with Gasteiger partial charge in [0.25, 0.3) is 0 Å². The van der Waals surface area contributed by atoms with E-state index in [0.717, 1.165) is 17.8 Å². The van der Waals surface area contributed by atoms with E-state index in [1.807, 2.05) is 0 Å². The Bertz CT molecular complexity index is 320. The molecule has 2 rings (SSSR count). The summed E-state index contributed by atoms with van der Waals surface area (Å²) in [5.74, 6) is 2.61. The first-order valence-electron chi connectivity index (χ1n) is 7.06. The van der Waals surface area contributed by atoms with E-state index >= 15 is 0 Å². The Balaban J connectivity index is 2.23. The highest BCUT2D eigenvalue weighted by Crippen LogP contribution is 2.47. The van der Waals surface area contributed by atoms with Crippen LogP contribution in [0.2, 0.25) is 0 Å². The van der Waals surface area contributed by atoms with Gasteiger partial charge in [0, 0.05) is 4.83 Å². The lowest BCUT2D eigenvalue weighted by molar-refractivity contribution is 0.208. The molecular formula is C16H25Br. The van der Waals surface area contributed by atoms with Crippen LogP contribution >= 0.6 is 15.9 Å². The summed E-state index contributed by atoms with van der Waals surface area (Å²) in [4.78, 5) is 0.645. The third-order valence-corrected chi connectivity index (χ3v) is 4.91. The highest BCUT2D eigenvalue weighted by molar-refractivity contribution is 9.09. The van der Waals surface area contributed by atoms with E-state index in [2.05, 4.69) is 48.9 Å². The predicted molar refractivity (Wildman–Crippen MR) is 79.5 cm³/mol. The fraction of sp³-hybridized carbons (Fsp3) is 0.750. The van der Waals surface area contributed by atoms with Crippen molar-refractivity contribution >= 4 is 15.9 Å². The number of hydrogen-bond acceptors (Lipinski definition) is 0. The van der Waals surface area contributed by atoms with E-state index in [-0.39, 0.29) is 0 Å². The van der Waals surface area contributed by atoms with Crippen molar-refractivity contribution in [3.63, 3.8) is 0 Å². The number of rotatable bonds is 2. The zero-order valence-corrected chi connectivity index (χ0v) is 13.0. The Hall–Kier alpha value is -0.0400. The van der Waals surface area contributed by atoms with Crippen LogP contribution in [0.15, 0.2) is 23.3 Å². The van der Waals surface area contributed by atoms with Gasteiger partial charge in [-0.2, -0.15) is 0 Å². The van der Waals surface area contributed by atoms with Gasteiger partial charge in [-0.05, 0) is 63.7 Å². The van der Waals surface area contributed by atoms with Gasteiger partial charge in [-0.25, -0.2) is 0 Å². The zero-order valence-electron chi connectivity index (χ0n) is 11.4. The van der Waals surface area contributed by atoms with Gasteiger partial charge >= 0.3 is 0 Å². The lowest BCUT2D eigenvalue weighted by atomic mass is 9.64. The minimum atomic E-state index is 0.645. The molecule has 0 radical (unpaired) electrons. The van der Waals surface area contributed by atoms with Crippen molar-refractivity contribution in [2.45, 2.75) is 57.7 Å². The topological polar surface area (TPSA) is 0 Å². The predicted octanol–water partition coefficient (Wildman–Crippen LogP) is 5.49.